The van der Waals surface area contributed by atoms with Gasteiger partial charge in [-0.1, -0.05) is 48.9 Å². The van der Waals surface area contributed by atoms with Gasteiger partial charge in [0.1, 0.15) is 0 Å². The van der Waals surface area contributed by atoms with Gasteiger partial charge in [-0.2, -0.15) is 0 Å². The van der Waals surface area contributed by atoms with Crippen molar-refractivity contribution in [3.05, 3.63) is 42.0 Å². The van der Waals surface area contributed by atoms with Crippen molar-refractivity contribution in [1.82, 2.24) is 0 Å². The molecule has 1 rings (SSSR count). The molecular weight excluding hydrogens is 416 g/mol. The van der Waals surface area contributed by atoms with Gasteiger partial charge in [0.2, 0.25) is 6.10 Å². The van der Waals surface area contributed by atoms with Crippen LogP contribution in [0.25, 0.3) is 6.08 Å². The zero-order valence-electron chi connectivity index (χ0n) is 19.1. The average Bonchev–Trinajstić information content (AvgIpc) is 2.78. The summed E-state index contributed by atoms with van der Waals surface area (Å²) in [5.74, 6) is -3.67. The fraction of sp³-hybridized carbons (Fsp3) is 0.542. The Morgan fingerprint density at radius 2 is 1.50 bits per heavy atom. The maximum absolute atomic E-state index is 12.4. The van der Waals surface area contributed by atoms with Crippen LogP contribution in [-0.2, 0) is 33.3 Å². The summed E-state index contributed by atoms with van der Waals surface area (Å²) in [4.78, 5) is 37.2. The molecule has 8 nitrogen and oxygen atoms in total. The molecule has 1 aromatic carbocycles. The van der Waals surface area contributed by atoms with Crippen molar-refractivity contribution in [2.45, 2.75) is 58.2 Å². The predicted octanol–water partition coefficient (Wildman–Crippen LogP) is 3.07. The van der Waals surface area contributed by atoms with Gasteiger partial charge in [-0.15, -0.1) is 0 Å². The number of ether oxygens (including phenoxy) is 4. The number of carbonyl (C=O) groups excluding carboxylic acids is 3. The Bertz CT molecular complexity index is 711. The molecule has 0 saturated carbocycles. The van der Waals surface area contributed by atoms with Crippen LogP contribution in [0.4, 0.5) is 0 Å². The first kappa shape index (κ1) is 27.3. The van der Waals surface area contributed by atoms with E-state index in [1.165, 1.54) is 13.8 Å². The molecule has 0 bridgehead atoms. The molecule has 32 heavy (non-hydrogen) atoms. The minimum atomic E-state index is -2.95. The molecule has 1 unspecified atom stereocenters. The summed E-state index contributed by atoms with van der Waals surface area (Å²) in [5.41, 5.74) is -1.82. The predicted molar refractivity (Wildman–Crippen MR) is 119 cm³/mol. The Morgan fingerprint density at radius 3 is 2.06 bits per heavy atom. The molecule has 0 aromatic heterocycles. The SMILES string of the molecule is CCOC(=O)C(OCCCCCC=Cc1ccccc1)C(O)(C(=O)OCC)C(=O)OCC. The van der Waals surface area contributed by atoms with Crippen LogP contribution in [0, 0.1) is 0 Å². The van der Waals surface area contributed by atoms with Gasteiger partial charge >= 0.3 is 17.9 Å². The molecule has 0 aliphatic rings. The molecule has 1 atom stereocenters. The Morgan fingerprint density at radius 1 is 0.906 bits per heavy atom. The Labute approximate surface area is 189 Å². The van der Waals surface area contributed by atoms with Gasteiger partial charge in [-0.25, -0.2) is 14.4 Å². The number of esters is 3. The van der Waals surface area contributed by atoms with Gasteiger partial charge in [-0.3, -0.25) is 0 Å². The number of aliphatic hydroxyl groups is 1. The van der Waals surface area contributed by atoms with Crippen LogP contribution in [0.15, 0.2) is 36.4 Å². The number of hydrogen-bond donors (Lipinski definition) is 1. The third-order valence-corrected chi connectivity index (χ3v) is 4.46. The van der Waals surface area contributed by atoms with Crippen LogP contribution in [-0.4, -0.2) is 61.1 Å². The highest BCUT2D eigenvalue weighted by Gasteiger charge is 2.58. The highest BCUT2D eigenvalue weighted by Crippen LogP contribution is 2.21. The van der Waals surface area contributed by atoms with Gasteiger partial charge in [0, 0.05) is 6.61 Å². The molecule has 0 amide bonds. The van der Waals surface area contributed by atoms with Crippen LogP contribution in [0.5, 0.6) is 0 Å². The number of hydrogen-bond acceptors (Lipinski definition) is 8. The first-order valence-electron chi connectivity index (χ1n) is 11.0. The molecule has 178 valence electrons. The second kappa shape index (κ2) is 15.2. The fourth-order valence-electron chi connectivity index (χ4n) is 2.88. The molecule has 0 heterocycles. The third kappa shape index (κ3) is 8.43. The van der Waals surface area contributed by atoms with Crippen molar-refractivity contribution in [2.24, 2.45) is 0 Å². The van der Waals surface area contributed by atoms with E-state index in [2.05, 4.69) is 6.08 Å². The average molecular weight is 451 g/mol. The van der Waals surface area contributed by atoms with Crippen molar-refractivity contribution in [2.75, 3.05) is 26.4 Å². The van der Waals surface area contributed by atoms with Crippen molar-refractivity contribution in [1.29, 1.82) is 0 Å². The molecule has 8 heteroatoms. The van der Waals surface area contributed by atoms with Crippen LogP contribution in [0.2, 0.25) is 0 Å². The maximum atomic E-state index is 12.4. The van der Waals surface area contributed by atoms with Gasteiger partial charge in [0.05, 0.1) is 19.8 Å². The Hall–Kier alpha value is -2.71. The summed E-state index contributed by atoms with van der Waals surface area (Å²) in [6, 6.07) is 9.96. The summed E-state index contributed by atoms with van der Waals surface area (Å²) < 4.78 is 20.0. The second-order valence-corrected chi connectivity index (χ2v) is 6.87. The van der Waals surface area contributed by atoms with E-state index >= 15 is 0 Å². The van der Waals surface area contributed by atoms with E-state index in [1.54, 1.807) is 6.92 Å². The van der Waals surface area contributed by atoms with Gasteiger partial charge in [-0.05, 0) is 45.6 Å². The number of unbranched alkanes of at least 4 members (excludes halogenated alkanes) is 3. The largest absolute Gasteiger partial charge is 0.464 e. The van der Waals surface area contributed by atoms with Crippen LogP contribution < -0.4 is 0 Å². The van der Waals surface area contributed by atoms with Gasteiger partial charge in [0.15, 0.2) is 0 Å². The molecule has 0 aliphatic heterocycles. The van der Waals surface area contributed by atoms with E-state index in [9.17, 15) is 19.5 Å². The summed E-state index contributed by atoms with van der Waals surface area (Å²) in [6.07, 6.45) is 5.33. The standard InChI is InChI=1S/C24H34O8/c1-4-29-21(25)20(24(28,22(26)30-5-2)23(27)31-6-3)32-18-14-9-7-8-11-15-19-16-12-10-13-17-19/h10-13,15-17,20,28H,4-9,14,18H2,1-3H3. The number of carbonyl (C=O) groups is 3. The van der Waals surface area contributed by atoms with Crippen molar-refractivity contribution >= 4 is 24.0 Å². The molecule has 1 N–H and O–H groups in total. The normalized spacial score (nSPS) is 12.4. The van der Waals surface area contributed by atoms with E-state index in [-0.39, 0.29) is 26.4 Å². The Kier molecular flexibility index (Phi) is 12.9. The van der Waals surface area contributed by atoms with Gasteiger partial charge < -0.3 is 24.1 Å². The van der Waals surface area contributed by atoms with E-state index in [1.807, 2.05) is 36.4 Å². The minimum Gasteiger partial charge on any atom is -0.464 e. The number of rotatable bonds is 15. The van der Waals surface area contributed by atoms with E-state index in [0.717, 1.165) is 24.8 Å². The topological polar surface area (TPSA) is 108 Å². The zero-order valence-corrected chi connectivity index (χ0v) is 19.1. The lowest BCUT2D eigenvalue weighted by Gasteiger charge is -2.30. The van der Waals surface area contributed by atoms with Crippen molar-refractivity contribution in [3.63, 3.8) is 0 Å². The first-order chi connectivity index (χ1) is 15.4. The number of allylic oxidation sites excluding steroid dienone is 1. The molecule has 0 spiro atoms. The highest BCUT2D eigenvalue weighted by atomic mass is 16.6. The fourth-order valence-corrected chi connectivity index (χ4v) is 2.88. The van der Waals surface area contributed by atoms with Crippen LogP contribution in [0.3, 0.4) is 0 Å². The van der Waals surface area contributed by atoms with Gasteiger partial charge in [0.25, 0.3) is 5.60 Å². The Balaban J connectivity index is 2.68. The third-order valence-electron chi connectivity index (χ3n) is 4.46. The quantitative estimate of drug-likeness (QED) is 0.188. The van der Waals surface area contributed by atoms with E-state index in [0.29, 0.717) is 6.42 Å². The van der Waals surface area contributed by atoms with Crippen LogP contribution in [0.1, 0.15) is 52.0 Å². The molecule has 0 radical (unpaired) electrons. The smallest absolute Gasteiger partial charge is 0.353 e. The first-order valence-corrected chi connectivity index (χ1v) is 11.0. The molecule has 1 aromatic rings. The summed E-state index contributed by atoms with van der Waals surface area (Å²) >= 11 is 0. The zero-order chi connectivity index (χ0) is 23.8. The molecule has 0 aliphatic carbocycles. The summed E-state index contributed by atoms with van der Waals surface area (Å²) in [7, 11) is 0. The van der Waals surface area contributed by atoms with E-state index in [4.69, 9.17) is 18.9 Å². The lowest BCUT2D eigenvalue weighted by Crippen LogP contribution is -2.61. The van der Waals surface area contributed by atoms with Crippen molar-refractivity contribution < 1.29 is 38.4 Å². The minimum absolute atomic E-state index is 0.0197. The maximum Gasteiger partial charge on any atom is 0.353 e. The van der Waals surface area contributed by atoms with Crippen molar-refractivity contribution in [3.8, 4) is 0 Å². The molecule has 0 saturated heterocycles. The van der Waals surface area contributed by atoms with E-state index < -0.39 is 29.6 Å². The second-order valence-electron chi connectivity index (χ2n) is 6.87. The van der Waals surface area contributed by atoms with Crippen LogP contribution >= 0.6 is 0 Å². The highest BCUT2D eigenvalue weighted by molar-refractivity contribution is 6.08. The summed E-state index contributed by atoms with van der Waals surface area (Å²) in [5, 5.41) is 10.9. The number of benzene rings is 1. The lowest BCUT2D eigenvalue weighted by atomic mass is 9.96. The monoisotopic (exact) mass is 450 g/mol. The summed E-state index contributed by atoms with van der Waals surface area (Å²) in [6.45, 7) is 4.39. The lowest BCUT2D eigenvalue weighted by molar-refractivity contribution is -0.208. The molecule has 0 fully saturated rings. The molecular formula is C24H34O8.